The highest BCUT2D eigenvalue weighted by Crippen LogP contribution is 2.31. The van der Waals surface area contributed by atoms with Crippen molar-refractivity contribution in [3.8, 4) is 0 Å². The number of benzene rings is 1. The number of hydrogen-bond donors (Lipinski definition) is 0. The number of amides is 1. The highest BCUT2D eigenvalue weighted by Gasteiger charge is 2.33. The van der Waals surface area contributed by atoms with Gasteiger partial charge in [0, 0.05) is 26.7 Å². The number of carbonyl (C=O) groups excluding carboxylic acids is 1. The van der Waals surface area contributed by atoms with E-state index in [9.17, 15) is 4.79 Å². The number of hydrogen-bond acceptors (Lipinski definition) is 2. The van der Waals surface area contributed by atoms with Gasteiger partial charge in [-0.25, -0.2) is 0 Å². The number of rotatable bonds is 7. The van der Waals surface area contributed by atoms with Gasteiger partial charge in [0.1, 0.15) is 0 Å². The second kappa shape index (κ2) is 7.60. The third-order valence-electron chi connectivity index (χ3n) is 4.54. The van der Waals surface area contributed by atoms with E-state index in [1.54, 1.807) is 7.11 Å². The Morgan fingerprint density at radius 3 is 2.67 bits per heavy atom. The summed E-state index contributed by atoms with van der Waals surface area (Å²) in [4.78, 5) is 14.3. The molecular formula is C18H27NO2. The van der Waals surface area contributed by atoms with Crippen LogP contribution in [0.4, 0.5) is 0 Å². The van der Waals surface area contributed by atoms with Crippen LogP contribution in [-0.4, -0.2) is 31.1 Å². The quantitative estimate of drug-likeness (QED) is 0.766. The van der Waals surface area contributed by atoms with Crippen molar-refractivity contribution in [1.82, 2.24) is 4.90 Å². The summed E-state index contributed by atoms with van der Waals surface area (Å²) in [5.41, 5.74) is 1.22. The summed E-state index contributed by atoms with van der Waals surface area (Å²) in [6, 6.07) is 10.5. The number of likely N-dealkylation sites (tertiary alicyclic amines) is 1. The number of methoxy groups -OCH3 is 1. The second-order valence-electron chi connectivity index (χ2n) is 6.33. The Labute approximate surface area is 128 Å². The van der Waals surface area contributed by atoms with Crippen LogP contribution in [0.5, 0.6) is 0 Å². The third-order valence-corrected chi connectivity index (χ3v) is 4.54. The molecule has 1 amide bonds. The Balaban J connectivity index is 1.90. The third kappa shape index (κ3) is 4.31. The highest BCUT2D eigenvalue weighted by molar-refractivity contribution is 5.79. The van der Waals surface area contributed by atoms with E-state index in [-0.39, 0.29) is 6.04 Å². The molecule has 1 fully saturated rings. The van der Waals surface area contributed by atoms with Crippen molar-refractivity contribution in [3.63, 3.8) is 0 Å². The molecule has 1 saturated heterocycles. The van der Waals surface area contributed by atoms with Gasteiger partial charge in [0.15, 0.2) is 0 Å². The molecule has 2 rings (SSSR count). The lowest BCUT2D eigenvalue weighted by Crippen LogP contribution is -2.28. The first-order valence-corrected chi connectivity index (χ1v) is 7.95. The molecule has 21 heavy (non-hydrogen) atoms. The van der Waals surface area contributed by atoms with Gasteiger partial charge in [0.05, 0.1) is 6.04 Å². The Kier molecular flexibility index (Phi) is 5.80. The Bertz CT molecular complexity index is 446. The molecule has 116 valence electrons. The molecule has 1 unspecified atom stereocenters. The van der Waals surface area contributed by atoms with Crippen molar-refractivity contribution in [2.24, 2.45) is 11.8 Å². The Morgan fingerprint density at radius 2 is 2.00 bits per heavy atom. The standard InChI is InChI=1S/C18H27NO2/c1-14(9-10-21-3)11-16-12-18(20)19(13-16)15(2)17-7-5-4-6-8-17/h4-8,14-16H,9-13H2,1-3H3/t14?,15-,16-/m0/s1. The van der Waals surface area contributed by atoms with Crippen LogP contribution in [-0.2, 0) is 9.53 Å². The van der Waals surface area contributed by atoms with Crippen molar-refractivity contribution >= 4 is 5.91 Å². The van der Waals surface area contributed by atoms with Crippen molar-refractivity contribution < 1.29 is 9.53 Å². The van der Waals surface area contributed by atoms with Crippen LogP contribution < -0.4 is 0 Å². The molecule has 3 heteroatoms. The fourth-order valence-electron chi connectivity index (χ4n) is 3.26. The molecule has 0 radical (unpaired) electrons. The van der Waals surface area contributed by atoms with E-state index < -0.39 is 0 Å². The lowest BCUT2D eigenvalue weighted by Gasteiger charge is -2.25. The summed E-state index contributed by atoms with van der Waals surface area (Å²) < 4.78 is 5.14. The molecule has 1 aromatic carbocycles. The van der Waals surface area contributed by atoms with Crippen LogP contribution in [0, 0.1) is 11.8 Å². The van der Waals surface area contributed by atoms with Crippen molar-refractivity contribution in [3.05, 3.63) is 35.9 Å². The molecular weight excluding hydrogens is 262 g/mol. The molecule has 1 aromatic rings. The Morgan fingerprint density at radius 1 is 1.29 bits per heavy atom. The zero-order chi connectivity index (χ0) is 15.2. The summed E-state index contributed by atoms with van der Waals surface area (Å²) in [7, 11) is 1.75. The number of ether oxygens (including phenoxy) is 1. The van der Waals surface area contributed by atoms with E-state index >= 15 is 0 Å². The molecule has 0 bridgehead atoms. The number of nitrogens with zero attached hydrogens (tertiary/aromatic N) is 1. The first kappa shape index (κ1) is 16.0. The van der Waals surface area contributed by atoms with E-state index in [4.69, 9.17) is 4.74 Å². The zero-order valence-electron chi connectivity index (χ0n) is 13.4. The van der Waals surface area contributed by atoms with Gasteiger partial charge >= 0.3 is 0 Å². The molecule has 0 aliphatic carbocycles. The van der Waals surface area contributed by atoms with Crippen molar-refractivity contribution in [1.29, 1.82) is 0 Å². The molecule has 1 aliphatic rings. The van der Waals surface area contributed by atoms with Gasteiger partial charge < -0.3 is 9.64 Å². The number of carbonyl (C=O) groups is 1. The Hall–Kier alpha value is -1.35. The van der Waals surface area contributed by atoms with Crippen molar-refractivity contribution in [2.75, 3.05) is 20.3 Å². The fourth-order valence-corrected chi connectivity index (χ4v) is 3.26. The summed E-state index contributed by atoms with van der Waals surface area (Å²) in [6.07, 6.45) is 2.90. The minimum absolute atomic E-state index is 0.179. The molecule has 3 nitrogen and oxygen atoms in total. The van der Waals surface area contributed by atoms with Gasteiger partial charge in [-0.15, -0.1) is 0 Å². The van der Waals surface area contributed by atoms with Crippen LogP contribution in [0.2, 0.25) is 0 Å². The van der Waals surface area contributed by atoms with Crippen LogP contribution in [0.15, 0.2) is 30.3 Å². The van der Waals surface area contributed by atoms with E-state index in [1.165, 1.54) is 5.56 Å². The molecule has 1 aliphatic heterocycles. The van der Waals surface area contributed by atoms with Gasteiger partial charge in [-0.3, -0.25) is 4.79 Å². The molecule has 0 aromatic heterocycles. The van der Waals surface area contributed by atoms with Gasteiger partial charge in [0.2, 0.25) is 5.91 Å². The van der Waals surface area contributed by atoms with Gasteiger partial charge in [-0.2, -0.15) is 0 Å². The first-order chi connectivity index (χ1) is 10.1. The second-order valence-corrected chi connectivity index (χ2v) is 6.33. The smallest absolute Gasteiger partial charge is 0.223 e. The van der Waals surface area contributed by atoms with Crippen LogP contribution in [0.1, 0.15) is 44.7 Å². The van der Waals surface area contributed by atoms with E-state index in [1.807, 2.05) is 23.1 Å². The van der Waals surface area contributed by atoms with E-state index in [0.717, 1.165) is 26.0 Å². The summed E-state index contributed by atoms with van der Waals surface area (Å²) in [5, 5.41) is 0. The minimum Gasteiger partial charge on any atom is -0.385 e. The molecule has 1 heterocycles. The molecule has 0 N–H and O–H groups in total. The highest BCUT2D eigenvalue weighted by atomic mass is 16.5. The lowest BCUT2D eigenvalue weighted by molar-refractivity contribution is -0.129. The monoisotopic (exact) mass is 289 g/mol. The van der Waals surface area contributed by atoms with Crippen LogP contribution in [0.3, 0.4) is 0 Å². The minimum atomic E-state index is 0.179. The summed E-state index contributed by atoms with van der Waals surface area (Å²) in [6.45, 7) is 6.09. The van der Waals surface area contributed by atoms with Crippen molar-refractivity contribution in [2.45, 2.75) is 39.2 Å². The van der Waals surface area contributed by atoms with Crippen LogP contribution in [0.25, 0.3) is 0 Å². The van der Waals surface area contributed by atoms with Gasteiger partial charge in [-0.05, 0) is 37.2 Å². The zero-order valence-corrected chi connectivity index (χ0v) is 13.4. The summed E-state index contributed by atoms with van der Waals surface area (Å²) >= 11 is 0. The SMILES string of the molecule is COCCC(C)C[C@H]1CC(=O)N([C@@H](C)c2ccccc2)C1. The lowest BCUT2D eigenvalue weighted by atomic mass is 9.93. The maximum absolute atomic E-state index is 12.3. The largest absolute Gasteiger partial charge is 0.385 e. The van der Waals surface area contributed by atoms with Crippen LogP contribution >= 0.6 is 0 Å². The molecule has 0 spiro atoms. The van der Waals surface area contributed by atoms with E-state index in [2.05, 4.69) is 26.0 Å². The average Bonchev–Trinajstić information content (AvgIpc) is 2.85. The molecule has 0 saturated carbocycles. The predicted octanol–water partition coefficient (Wildman–Crippen LogP) is 3.66. The summed E-state index contributed by atoms with van der Waals surface area (Å²) in [5.74, 6) is 1.42. The fraction of sp³-hybridized carbons (Fsp3) is 0.611. The van der Waals surface area contributed by atoms with Gasteiger partial charge in [-0.1, -0.05) is 37.3 Å². The van der Waals surface area contributed by atoms with E-state index in [0.29, 0.717) is 24.2 Å². The predicted molar refractivity (Wildman–Crippen MR) is 85.0 cm³/mol. The maximum Gasteiger partial charge on any atom is 0.223 e. The maximum atomic E-state index is 12.3. The first-order valence-electron chi connectivity index (χ1n) is 7.95. The molecule has 3 atom stereocenters. The average molecular weight is 289 g/mol. The normalized spacial score (nSPS) is 21.6. The topological polar surface area (TPSA) is 29.5 Å². The van der Waals surface area contributed by atoms with Gasteiger partial charge in [0.25, 0.3) is 0 Å².